The lowest BCUT2D eigenvalue weighted by molar-refractivity contribution is 0.0914. The van der Waals surface area contributed by atoms with E-state index in [1.165, 1.54) is 4.57 Å². The lowest BCUT2D eigenvalue weighted by Gasteiger charge is -2.18. The van der Waals surface area contributed by atoms with E-state index < -0.39 is 17.2 Å². The first-order valence-corrected chi connectivity index (χ1v) is 10.2. The highest BCUT2D eigenvalue weighted by Crippen LogP contribution is 2.24. The average Bonchev–Trinajstić information content (AvgIpc) is 3.28. The number of aromatic amines is 1. The van der Waals surface area contributed by atoms with Crippen LogP contribution < -0.4 is 16.4 Å². The van der Waals surface area contributed by atoms with Gasteiger partial charge in [-0.05, 0) is 43.2 Å². The molecule has 1 atom stereocenters. The molecule has 4 aromatic rings. The SMILES string of the molecule is CCn1c(=O)c(=O)[nH]c2cc(C(=O)NC(c3nc(-c4ccncc4)no3)C(C)C)ccc21. The molecule has 1 aromatic carbocycles. The van der Waals surface area contributed by atoms with Crippen LogP contribution in [0.4, 0.5) is 0 Å². The Balaban J connectivity index is 1.63. The van der Waals surface area contributed by atoms with Gasteiger partial charge in [-0.3, -0.25) is 19.4 Å². The molecule has 2 N–H and O–H groups in total. The van der Waals surface area contributed by atoms with E-state index in [4.69, 9.17) is 4.52 Å². The second kappa shape index (κ2) is 8.58. The second-order valence-electron chi connectivity index (χ2n) is 7.62. The van der Waals surface area contributed by atoms with Crippen LogP contribution in [-0.2, 0) is 6.54 Å². The van der Waals surface area contributed by atoms with Crippen molar-refractivity contribution in [2.45, 2.75) is 33.4 Å². The predicted molar refractivity (Wildman–Crippen MR) is 117 cm³/mol. The second-order valence-corrected chi connectivity index (χ2v) is 7.62. The van der Waals surface area contributed by atoms with Crippen LogP contribution in [0.3, 0.4) is 0 Å². The van der Waals surface area contributed by atoms with Crippen LogP contribution in [-0.4, -0.2) is 30.6 Å². The van der Waals surface area contributed by atoms with Gasteiger partial charge in [0.05, 0.1) is 11.0 Å². The van der Waals surface area contributed by atoms with Crippen LogP contribution in [0.25, 0.3) is 22.4 Å². The molecule has 32 heavy (non-hydrogen) atoms. The Hall–Kier alpha value is -4.08. The standard InChI is InChI=1S/C22H22N6O4/c1-4-28-16-6-5-14(11-15(16)24-20(30)22(28)31)19(29)25-17(12(2)3)21-26-18(27-32-21)13-7-9-23-10-8-13/h5-12,17H,4H2,1-3H3,(H,24,30)(H,25,29). The third-order valence-corrected chi connectivity index (χ3v) is 5.15. The molecule has 3 heterocycles. The lowest BCUT2D eigenvalue weighted by Crippen LogP contribution is -2.36. The molecular weight excluding hydrogens is 412 g/mol. The largest absolute Gasteiger partial charge is 0.340 e. The molecule has 0 radical (unpaired) electrons. The predicted octanol–water partition coefficient (Wildman–Crippen LogP) is 2.28. The van der Waals surface area contributed by atoms with Gasteiger partial charge in [0.15, 0.2) is 0 Å². The summed E-state index contributed by atoms with van der Waals surface area (Å²) < 4.78 is 6.79. The summed E-state index contributed by atoms with van der Waals surface area (Å²) in [6.07, 6.45) is 3.27. The van der Waals surface area contributed by atoms with E-state index in [0.717, 1.165) is 5.56 Å². The Morgan fingerprint density at radius 1 is 1.19 bits per heavy atom. The Labute approximate surface area is 182 Å². The van der Waals surface area contributed by atoms with E-state index in [-0.39, 0.29) is 17.7 Å². The molecule has 164 valence electrons. The molecular formula is C22H22N6O4. The van der Waals surface area contributed by atoms with Crippen LogP contribution in [0.1, 0.15) is 43.1 Å². The van der Waals surface area contributed by atoms with E-state index in [1.807, 2.05) is 13.8 Å². The van der Waals surface area contributed by atoms with Crippen molar-refractivity contribution in [2.24, 2.45) is 5.92 Å². The smallest absolute Gasteiger partial charge is 0.316 e. The highest BCUT2D eigenvalue weighted by atomic mass is 16.5. The van der Waals surface area contributed by atoms with Gasteiger partial charge in [0.2, 0.25) is 11.7 Å². The molecule has 0 aliphatic heterocycles. The van der Waals surface area contributed by atoms with Crippen molar-refractivity contribution < 1.29 is 9.32 Å². The van der Waals surface area contributed by atoms with Gasteiger partial charge in [-0.15, -0.1) is 0 Å². The maximum atomic E-state index is 13.0. The molecule has 4 rings (SSSR count). The fourth-order valence-corrected chi connectivity index (χ4v) is 3.45. The molecule has 0 saturated carbocycles. The van der Waals surface area contributed by atoms with Gasteiger partial charge in [0.25, 0.3) is 5.91 Å². The molecule has 10 nitrogen and oxygen atoms in total. The summed E-state index contributed by atoms with van der Waals surface area (Å²) in [6, 6.07) is 7.81. The summed E-state index contributed by atoms with van der Waals surface area (Å²) in [7, 11) is 0. The summed E-state index contributed by atoms with van der Waals surface area (Å²) >= 11 is 0. The topological polar surface area (TPSA) is 136 Å². The minimum atomic E-state index is -0.730. The third-order valence-electron chi connectivity index (χ3n) is 5.15. The fraction of sp³-hybridized carbons (Fsp3) is 0.273. The molecule has 0 spiro atoms. The van der Waals surface area contributed by atoms with Gasteiger partial charge < -0.3 is 19.4 Å². The van der Waals surface area contributed by atoms with Gasteiger partial charge in [-0.25, -0.2) is 0 Å². The average molecular weight is 434 g/mol. The van der Waals surface area contributed by atoms with Crippen LogP contribution in [0.15, 0.2) is 56.8 Å². The number of nitrogens with zero attached hydrogens (tertiary/aromatic N) is 4. The van der Waals surface area contributed by atoms with Crippen molar-refractivity contribution in [2.75, 3.05) is 0 Å². The highest BCUT2D eigenvalue weighted by molar-refractivity contribution is 5.97. The molecule has 1 unspecified atom stereocenters. The summed E-state index contributed by atoms with van der Waals surface area (Å²) in [6.45, 7) is 5.98. The number of aryl methyl sites for hydroxylation is 1. The minimum absolute atomic E-state index is 0.0322. The van der Waals surface area contributed by atoms with Crippen molar-refractivity contribution in [1.29, 1.82) is 0 Å². The summed E-state index contributed by atoms with van der Waals surface area (Å²) in [5, 5.41) is 6.94. The van der Waals surface area contributed by atoms with Crippen molar-refractivity contribution in [3.05, 3.63) is 74.9 Å². The number of H-pyrrole nitrogens is 1. The van der Waals surface area contributed by atoms with E-state index in [1.54, 1.807) is 49.6 Å². The van der Waals surface area contributed by atoms with Crippen molar-refractivity contribution >= 4 is 16.9 Å². The number of hydrogen-bond donors (Lipinski definition) is 2. The minimum Gasteiger partial charge on any atom is -0.340 e. The van der Waals surface area contributed by atoms with Crippen LogP contribution in [0, 0.1) is 5.92 Å². The van der Waals surface area contributed by atoms with E-state index in [9.17, 15) is 14.4 Å². The van der Waals surface area contributed by atoms with Crippen molar-refractivity contribution in [3.63, 3.8) is 0 Å². The first-order valence-electron chi connectivity index (χ1n) is 10.2. The number of nitrogens with one attached hydrogen (secondary N) is 2. The van der Waals surface area contributed by atoms with Gasteiger partial charge in [-0.2, -0.15) is 4.98 Å². The molecule has 0 bridgehead atoms. The zero-order valence-electron chi connectivity index (χ0n) is 17.8. The Morgan fingerprint density at radius 2 is 1.94 bits per heavy atom. The van der Waals surface area contributed by atoms with E-state index in [2.05, 4.69) is 25.4 Å². The Morgan fingerprint density at radius 3 is 2.62 bits per heavy atom. The van der Waals surface area contributed by atoms with Crippen LogP contribution in [0.5, 0.6) is 0 Å². The molecule has 3 aromatic heterocycles. The lowest BCUT2D eigenvalue weighted by atomic mass is 10.0. The van der Waals surface area contributed by atoms with E-state index in [0.29, 0.717) is 29.0 Å². The van der Waals surface area contributed by atoms with Gasteiger partial charge in [0.1, 0.15) is 6.04 Å². The highest BCUT2D eigenvalue weighted by Gasteiger charge is 2.25. The van der Waals surface area contributed by atoms with E-state index >= 15 is 0 Å². The molecule has 0 aliphatic rings. The van der Waals surface area contributed by atoms with Gasteiger partial charge in [0, 0.05) is 30.1 Å². The van der Waals surface area contributed by atoms with Crippen molar-refractivity contribution in [1.82, 2.24) is 30.0 Å². The third kappa shape index (κ3) is 3.94. The number of hydrogen-bond acceptors (Lipinski definition) is 7. The molecule has 0 saturated heterocycles. The molecule has 0 fully saturated rings. The van der Waals surface area contributed by atoms with Crippen LogP contribution >= 0.6 is 0 Å². The quantitative estimate of drug-likeness (QED) is 0.444. The number of fused-ring (bicyclic) bond motifs is 1. The first kappa shape index (κ1) is 21.2. The number of benzene rings is 1. The monoisotopic (exact) mass is 434 g/mol. The fourth-order valence-electron chi connectivity index (χ4n) is 3.45. The number of rotatable bonds is 6. The number of carbonyl (C=O) groups excluding carboxylic acids is 1. The normalized spacial score (nSPS) is 12.2. The van der Waals surface area contributed by atoms with Gasteiger partial charge in [-0.1, -0.05) is 19.0 Å². The number of amides is 1. The molecule has 0 aliphatic carbocycles. The summed E-state index contributed by atoms with van der Waals surface area (Å²) in [5.74, 6) is 0.289. The van der Waals surface area contributed by atoms with Gasteiger partial charge >= 0.3 is 11.1 Å². The maximum Gasteiger partial charge on any atom is 0.316 e. The number of aromatic nitrogens is 5. The zero-order chi connectivity index (χ0) is 22.8. The Bertz CT molecular complexity index is 1390. The zero-order valence-corrected chi connectivity index (χ0v) is 17.8. The van der Waals surface area contributed by atoms with Crippen LogP contribution in [0.2, 0.25) is 0 Å². The Kier molecular flexibility index (Phi) is 5.67. The number of carbonyl (C=O) groups is 1. The molecule has 10 heteroatoms. The summed E-state index contributed by atoms with van der Waals surface area (Å²) in [5.41, 5.74) is 0.680. The molecule has 1 amide bonds. The van der Waals surface area contributed by atoms with Crippen molar-refractivity contribution in [3.8, 4) is 11.4 Å². The maximum absolute atomic E-state index is 13.0. The number of pyridine rings is 1. The first-order chi connectivity index (χ1) is 15.4. The summed E-state index contributed by atoms with van der Waals surface area (Å²) in [4.78, 5) is 47.9.